The van der Waals surface area contributed by atoms with Gasteiger partial charge in [0.15, 0.2) is 0 Å². The van der Waals surface area contributed by atoms with E-state index in [9.17, 15) is 8.42 Å². The molecule has 0 aliphatic carbocycles. The molecule has 1 fully saturated rings. The Balaban J connectivity index is 2.19. The van der Waals surface area contributed by atoms with E-state index in [0.29, 0.717) is 24.3 Å². The van der Waals surface area contributed by atoms with Crippen LogP contribution in [0.2, 0.25) is 0 Å². The summed E-state index contributed by atoms with van der Waals surface area (Å²) >= 11 is 4.88. The third-order valence-corrected chi connectivity index (χ3v) is 5.09. The number of nitrogens with two attached hydrogens (primary N) is 1. The Hall–Kier alpha value is -1.02. The van der Waals surface area contributed by atoms with E-state index < -0.39 is 10.0 Å². The molecule has 1 aliphatic heterocycles. The lowest BCUT2D eigenvalue weighted by molar-refractivity contribution is 0.114. The molecule has 0 spiro atoms. The van der Waals surface area contributed by atoms with E-state index in [4.69, 9.17) is 22.7 Å². The zero-order valence-corrected chi connectivity index (χ0v) is 12.9. The molecular weight excluding hydrogens is 296 g/mol. The molecular formula is C13H18N2O3S2. The normalized spacial score (nSPS) is 19.1. The van der Waals surface area contributed by atoms with Gasteiger partial charge >= 0.3 is 0 Å². The standard InChI is InChI=1S/C13H18N2O3S2/c1-9-4-5-10(13(14)19)7-12(9)20(16,17)15-8-11-3-2-6-18-11/h4-5,7,11,15H,2-3,6,8H2,1H3,(H2,14,19). The van der Waals surface area contributed by atoms with Crippen molar-refractivity contribution in [3.05, 3.63) is 29.3 Å². The van der Waals surface area contributed by atoms with Crippen LogP contribution in [0.15, 0.2) is 23.1 Å². The molecule has 1 saturated heterocycles. The number of ether oxygens (including phenoxy) is 1. The largest absolute Gasteiger partial charge is 0.389 e. The molecule has 0 bridgehead atoms. The molecule has 0 radical (unpaired) electrons. The predicted molar refractivity (Wildman–Crippen MR) is 81.2 cm³/mol. The van der Waals surface area contributed by atoms with E-state index in [2.05, 4.69) is 4.72 Å². The number of aryl methyl sites for hydroxylation is 1. The Labute approximate surface area is 124 Å². The zero-order valence-electron chi connectivity index (χ0n) is 11.3. The molecule has 1 atom stereocenters. The van der Waals surface area contributed by atoms with E-state index in [1.165, 1.54) is 6.07 Å². The number of hydrogen-bond donors (Lipinski definition) is 2. The molecule has 7 heteroatoms. The fourth-order valence-electron chi connectivity index (χ4n) is 2.13. The minimum atomic E-state index is -3.58. The van der Waals surface area contributed by atoms with E-state index in [1.807, 2.05) is 0 Å². The molecule has 0 aromatic heterocycles. The van der Waals surface area contributed by atoms with Gasteiger partial charge in [0.1, 0.15) is 4.99 Å². The minimum absolute atomic E-state index is 0.0381. The Bertz CT molecular complexity index is 608. The summed E-state index contributed by atoms with van der Waals surface area (Å²) in [5.74, 6) is 0. The SMILES string of the molecule is Cc1ccc(C(N)=S)cc1S(=O)(=O)NCC1CCCO1. The quantitative estimate of drug-likeness (QED) is 0.795. The highest BCUT2D eigenvalue weighted by molar-refractivity contribution is 7.89. The monoisotopic (exact) mass is 314 g/mol. The fraction of sp³-hybridized carbons (Fsp3) is 0.462. The first-order valence-electron chi connectivity index (χ1n) is 6.42. The Kier molecular flexibility index (Phi) is 4.74. The molecule has 0 amide bonds. The van der Waals surface area contributed by atoms with Gasteiger partial charge in [0.05, 0.1) is 11.0 Å². The highest BCUT2D eigenvalue weighted by Gasteiger charge is 2.22. The average molecular weight is 314 g/mol. The highest BCUT2D eigenvalue weighted by Crippen LogP contribution is 2.18. The highest BCUT2D eigenvalue weighted by atomic mass is 32.2. The smallest absolute Gasteiger partial charge is 0.240 e. The van der Waals surface area contributed by atoms with Crippen molar-refractivity contribution in [1.82, 2.24) is 4.72 Å². The summed E-state index contributed by atoms with van der Waals surface area (Å²) in [6.07, 6.45) is 1.82. The summed E-state index contributed by atoms with van der Waals surface area (Å²) in [5, 5.41) is 0. The Morgan fingerprint density at radius 2 is 2.30 bits per heavy atom. The minimum Gasteiger partial charge on any atom is -0.389 e. The Morgan fingerprint density at radius 3 is 2.90 bits per heavy atom. The molecule has 1 heterocycles. The number of benzene rings is 1. The van der Waals surface area contributed by atoms with Gasteiger partial charge in [0.25, 0.3) is 0 Å². The molecule has 0 saturated carbocycles. The molecule has 110 valence electrons. The second-order valence-electron chi connectivity index (χ2n) is 4.83. The van der Waals surface area contributed by atoms with Crippen molar-refractivity contribution in [3.63, 3.8) is 0 Å². The molecule has 20 heavy (non-hydrogen) atoms. The molecule has 1 unspecified atom stereocenters. The van der Waals surface area contributed by atoms with Crippen molar-refractivity contribution in [2.45, 2.75) is 30.8 Å². The van der Waals surface area contributed by atoms with Crippen molar-refractivity contribution >= 4 is 27.2 Å². The van der Waals surface area contributed by atoms with Crippen LogP contribution in [0.1, 0.15) is 24.0 Å². The lowest BCUT2D eigenvalue weighted by Crippen LogP contribution is -2.32. The van der Waals surface area contributed by atoms with Crippen LogP contribution in [0.4, 0.5) is 0 Å². The first kappa shape index (κ1) is 15.4. The summed E-state index contributed by atoms with van der Waals surface area (Å²) in [7, 11) is -3.58. The molecule has 1 aromatic rings. The van der Waals surface area contributed by atoms with Crippen LogP contribution in [0.25, 0.3) is 0 Å². The number of thiocarbonyl (C=S) groups is 1. The van der Waals surface area contributed by atoms with Crippen LogP contribution in [0.3, 0.4) is 0 Å². The van der Waals surface area contributed by atoms with Crippen molar-refractivity contribution in [3.8, 4) is 0 Å². The predicted octanol–water partition coefficient (Wildman–Crippen LogP) is 1.09. The summed E-state index contributed by atoms with van der Waals surface area (Å²) in [4.78, 5) is 0.390. The van der Waals surface area contributed by atoms with E-state index in [0.717, 1.165) is 12.8 Å². The van der Waals surface area contributed by atoms with Crippen molar-refractivity contribution in [1.29, 1.82) is 0 Å². The van der Waals surface area contributed by atoms with Crippen molar-refractivity contribution in [2.24, 2.45) is 5.73 Å². The van der Waals surface area contributed by atoms with Crippen molar-refractivity contribution < 1.29 is 13.2 Å². The molecule has 3 N–H and O–H groups in total. The second kappa shape index (κ2) is 6.17. The molecule has 2 rings (SSSR count). The second-order valence-corrected chi connectivity index (χ2v) is 7.01. The van der Waals surface area contributed by atoms with Gasteiger partial charge in [-0.1, -0.05) is 24.4 Å². The van der Waals surface area contributed by atoms with Gasteiger partial charge in [-0.05, 0) is 31.4 Å². The van der Waals surface area contributed by atoms with Gasteiger partial charge in [0, 0.05) is 18.7 Å². The number of hydrogen-bond acceptors (Lipinski definition) is 4. The molecule has 1 aliphatic rings. The lowest BCUT2D eigenvalue weighted by atomic mass is 10.1. The molecule has 5 nitrogen and oxygen atoms in total. The number of rotatable bonds is 5. The first-order valence-corrected chi connectivity index (χ1v) is 8.31. The van der Waals surface area contributed by atoms with Gasteiger partial charge in [-0.3, -0.25) is 0 Å². The van der Waals surface area contributed by atoms with Crippen LogP contribution in [0, 0.1) is 6.92 Å². The summed E-state index contributed by atoms with van der Waals surface area (Å²) in [6.45, 7) is 2.73. The van der Waals surface area contributed by atoms with E-state index >= 15 is 0 Å². The van der Waals surface area contributed by atoms with E-state index in [-0.39, 0.29) is 16.0 Å². The van der Waals surface area contributed by atoms with Crippen LogP contribution >= 0.6 is 12.2 Å². The third kappa shape index (κ3) is 3.54. The van der Waals surface area contributed by atoms with E-state index in [1.54, 1.807) is 19.1 Å². The van der Waals surface area contributed by atoms with Gasteiger partial charge in [0.2, 0.25) is 10.0 Å². The fourth-order valence-corrected chi connectivity index (χ4v) is 3.59. The number of nitrogens with one attached hydrogen (secondary N) is 1. The maximum atomic E-state index is 12.3. The zero-order chi connectivity index (χ0) is 14.8. The maximum absolute atomic E-state index is 12.3. The van der Waals surface area contributed by atoms with Crippen LogP contribution < -0.4 is 10.5 Å². The van der Waals surface area contributed by atoms with Crippen molar-refractivity contribution in [2.75, 3.05) is 13.2 Å². The Morgan fingerprint density at radius 1 is 1.55 bits per heavy atom. The van der Waals surface area contributed by atoms with Gasteiger partial charge in [-0.25, -0.2) is 13.1 Å². The van der Waals surface area contributed by atoms with Gasteiger partial charge in [-0.2, -0.15) is 0 Å². The average Bonchev–Trinajstić information content (AvgIpc) is 2.89. The summed E-state index contributed by atoms with van der Waals surface area (Å²) < 4.78 is 32.7. The summed E-state index contributed by atoms with van der Waals surface area (Å²) in [6, 6.07) is 4.93. The van der Waals surface area contributed by atoms with Gasteiger partial charge < -0.3 is 10.5 Å². The topological polar surface area (TPSA) is 81.4 Å². The van der Waals surface area contributed by atoms with Gasteiger partial charge in [-0.15, -0.1) is 0 Å². The summed E-state index contributed by atoms with van der Waals surface area (Å²) in [5.41, 5.74) is 6.75. The van der Waals surface area contributed by atoms with Crippen LogP contribution in [-0.2, 0) is 14.8 Å². The van der Waals surface area contributed by atoms with Crippen LogP contribution in [0.5, 0.6) is 0 Å². The maximum Gasteiger partial charge on any atom is 0.240 e. The van der Waals surface area contributed by atoms with Crippen LogP contribution in [-0.4, -0.2) is 32.7 Å². The lowest BCUT2D eigenvalue weighted by Gasteiger charge is -2.13. The number of sulfonamides is 1. The molecule has 1 aromatic carbocycles. The first-order chi connectivity index (χ1) is 9.40. The third-order valence-electron chi connectivity index (χ3n) is 3.29.